The highest BCUT2D eigenvalue weighted by molar-refractivity contribution is 5.66. The molecular weight excluding hydrogens is 218 g/mol. The van der Waals surface area contributed by atoms with Gasteiger partial charge in [0.15, 0.2) is 0 Å². The lowest BCUT2D eigenvalue weighted by atomic mass is 9.91. The van der Waals surface area contributed by atoms with Gasteiger partial charge in [-0.3, -0.25) is 9.69 Å². The molecule has 2 rings (SSSR count). The monoisotopic (exact) mass is 241 g/mol. The molecule has 0 bridgehead atoms. The van der Waals surface area contributed by atoms with Crippen LogP contribution in [0.1, 0.15) is 39.0 Å². The van der Waals surface area contributed by atoms with Gasteiger partial charge in [0, 0.05) is 25.6 Å². The fraction of sp³-hybridized carbons (Fsp3) is 0.923. The molecule has 0 aromatic heterocycles. The molecule has 0 aromatic carbocycles. The van der Waals surface area contributed by atoms with Crippen molar-refractivity contribution in [3.8, 4) is 0 Å². The van der Waals surface area contributed by atoms with Gasteiger partial charge in [-0.05, 0) is 45.1 Å². The van der Waals surface area contributed by atoms with E-state index in [0.717, 1.165) is 32.5 Å². The zero-order valence-corrected chi connectivity index (χ0v) is 10.6. The molecule has 0 aromatic rings. The van der Waals surface area contributed by atoms with Crippen LogP contribution in [0.25, 0.3) is 0 Å². The Hall–Kier alpha value is -0.610. The molecule has 3 unspecified atom stereocenters. The third kappa shape index (κ3) is 3.42. The molecule has 2 fully saturated rings. The largest absolute Gasteiger partial charge is 0.481 e. The number of nitrogens with zero attached hydrogens (tertiary/aromatic N) is 1. The molecule has 2 aliphatic rings. The Labute approximate surface area is 103 Å². The van der Waals surface area contributed by atoms with E-state index in [1.165, 1.54) is 12.8 Å². The van der Waals surface area contributed by atoms with Gasteiger partial charge in [0.1, 0.15) is 0 Å². The molecule has 0 amide bonds. The van der Waals surface area contributed by atoms with E-state index in [-0.39, 0.29) is 0 Å². The minimum Gasteiger partial charge on any atom is -0.481 e. The molecule has 4 nitrogen and oxygen atoms in total. The molecule has 17 heavy (non-hydrogen) atoms. The molecule has 0 radical (unpaired) electrons. The molecule has 1 N–H and O–H groups in total. The standard InChI is InChI=1S/C13H23NO3/c1-10-12(6-8-17-10)14-7-2-3-11(9-14)4-5-13(15)16/h10-12H,2-9H2,1H3,(H,15,16). The average molecular weight is 241 g/mol. The lowest BCUT2D eigenvalue weighted by molar-refractivity contribution is -0.137. The zero-order valence-electron chi connectivity index (χ0n) is 10.6. The summed E-state index contributed by atoms with van der Waals surface area (Å²) in [7, 11) is 0. The first kappa shape index (κ1) is 12.8. The van der Waals surface area contributed by atoms with Crippen LogP contribution in [-0.2, 0) is 9.53 Å². The zero-order chi connectivity index (χ0) is 12.3. The van der Waals surface area contributed by atoms with Crippen LogP contribution in [0.3, 0.4) is 0 Å². The third-order valence-electron chi connectivity index (χ3n) is 4.12. The van der Waals surface area contributed by atoms with Gasteiger partial charge in [0.2, 0.25) is 0 Å². The van der Waals surface area contributed by atoms with Gasteiger partial charge in [-0.2, -0.15) is 0 Å². The van der Waals surface area contributed by atoms with Crippen molar-refractivity contribution in [2.24, 2.45) is 5.92 Å². The maximum Gasteiger partial charge on any atom is 0.303 e. The Morgan fingerprint density at radius 1 is 1.47 bits per heavy atom. The topological polar surface area (TPSA) is 49.8 Å². The van der Waals surface area contributed by atoms with E-state index in [1.807, 2.05) is 0 Å². The van der Waals surface area contributed by atoms with Gasteiger partial charge in [-0.15, -0.1) is 0 Å². The fourth-order valence-corrected chi connectivity index (χ4v) is 3.16. The molecule has 2 aliphatic heterocycles. The first-order valence-electron chi connectivity index (χ1n) is 6.74. The molecule has 2 heterocycles. The average Bonchev–Trinajstić information content (AvgIpc) is 2.73. The van der Waals surface area contributed by atoms with Crippen molar-refractivity contribution in [2.45, 2.75) is 51.2 Å². The van der Waals surface area contributed by atoms with Gasteiger partial charge in [0.25, 0.3) is 0 Å². The second-order valence-electron chi connectivity index (χ2n) is 5.37. The molecule has 0 spiro atoms. The summed E-state index contributed by atoms with van der Waals surface area (Å²) in [5.41, 5.74) is 0. The van der Waals surface area contributed by atoms with E-state index in [2.05, 4.69) is 11.8 Å². The Kier molecular flexibility index (Phi) is 4.40. The highest BCUT2D eigenvalue weighted by atomic mass is 16.5. The van der Waals surface area contributed by atoms with Crippen LogP contribution >= 0.6 is 0 Å². The van der Waals surface area contributed by atoms with Crippen LogP contribution < -0.4 is 0 Å². The van der Waals surface area contributed by atoms with E-state index in [9.17, 15) is 4.79 Å². The van der Waals surface area contributed by atoms with E-state index < -0.39 is 5.97 Å². The Balaban J connectivity index is 1.82. The highest BCUT2D eigenvalue weighted by Gasteiger charge is 2.32. The number of ether oxygens (including phenoxy) is 1. The number of piperidine rings is 1. The summed E-state index contributed by atoms with van der Waals surface area (Å²) in [5.74, 6) is -0.104. The van der Waals surface area contributed by atoms with Crippen molar-refractivity contribution in [2.75, 3.05) is 19.7 Å². The van der Waals surface area contributed by atoms with Gasteiger partial charge >= 0.3 is 5.97 Å². The molecule has 0 saturated carbocycles. The molecule has 98 valence electrons. The van der Waals surface area contributed by atoms with Crippen LogP contribution in [0.4, 0.5) is 0 Å². The van der Waals surface area contributed by atoms with Crippen molar-refractivity contribution in [1.29, 1.82) is 0 Å². The molecule has 3 atom stereocenters. The van der Waals surface area contributed by atoms with Crippen molar-refractivity contribution < 1.29 is 14.6 Å². The van der Waals surface area contributed by atoms with Gasteiger partial charge in [-0.1, -0.05) is 0 Å². The smallest absolute Gasteiger partial charge is 0.303 e. The van der Waals surface area contributed by atoms with E-state index in [0.29, 0.717) is 24.5 Å². The van der Waals surface area contributed by atoms with Gasteiger partial charge in [-0.25, -0.2) is 0 Å². The Bertz CT molecular complexity index is 269. The number of carboxylic acid groups (broad SMARTS) is 1. The second kappa shape index (κ2) is 5.83. The summed E-state index contributed by atoms with van der Waals surface area (Å²) in [5, 5.41) is 8.73. The fourth-order valence-electron chi connectivity index (χ4n) is 3.16. The number of hydrogen-bond donors (Lipinski definition) is 1. The lowest BCUT2D eigenvalue weighted by Crippen LogP contribution is -2.45. The SMILES string of the molecule is CC1OCCC1N1CCCC(CCC(=O)O)C1. The van der Waals surface area contributed by atoms with Crippen molar-refractivity contribution in [3.05, 3.63) is 0 Å². The third-order valence-corrected chi connectivity index (χ3v) is 4.12. The van der Waals surface area contributed by atoms with Crippen molar-refractivity contribution >= 4 is 5.97 Å². The maximum absolute atomic E-state index is 10.6. The summed E-state index contributed by atoms with van der Waals surface area (Å²) >= 11 is 0. The summed E-state index contributed by atoms with van der Waals surface area (Å²) < 4.78 is 5.62. The number of carbonyl (C=O) groups is 1. The predicted octanol–water partition coefficient (Wildman–Crippen LogP) is 1.74. The Morgan fingerprint density at radius 2 is 2.29 bits per heavy atom. The number of rotatable bonds is 4. The first-order valence-corrected chi connectivity index (χ1v) is 6.74. The number of aliphatic carboxylic acids is 1. The second-order valence-corrected chi connectivity index (χ2v) is 5.37. The number of likely N-dealkylation sites (tertiary alicyclic amines) is 1. The van der Waals surface area contributed by atoms with Crippen LogP contribution in [-0.4, -0.2) is 47.8 Å². The molecule has 2 saturated heterocycles. The normalized spacial score (nSPS) is 35.0. The van der Waals surface area contributed by atoms with Gasteiger partial charge in [0.05, 0.1) is 6.10 Å². The summed E-state index contributed by atoms with van der Waals surface area (Å²) in [6, 6.07) is 0.558. The highest BCUT2D eigenvalue weighted by Crippen LogP contribution is 2.27. The van der Waals surface area contributed by atoms with Gasteiger partial charge < -0.3 is 9.84 Å². The summed E-state index contributed by atoms with van der Waals surface area (Å²) in [6.07, 6.45) is 5.00. The van der Waals surface area contributed by atoms with Crippen LogP contribution in [0.5, 0.6) is 0 Å². The van der Waals surface area contributed by atoms with E-state index >= 15 is 0 Å². The first-order chi connectivity index (χ1) is 8.16. The number of carboxylic acids is 1. The van der Waals surface area contributed by atoms with E-state index in [4.69, 9.17) is 9.84 Å². The lowest BCUT2D eigenvalue weighted by Gasteiger charge is -2.37. The maximum atomic E-state index is 10.6. The van der Waals surface area contributed by atoms with Crippen LogP contribution in [0.15, 0.2) is 0 Å². The molecule has 0 aliphatic carbocycles. The van der Waals surface area contributed by atoms with Crippen molar-refractivity contribution in [1.82, 2.24) is 4.90 Å². The summed E-state index contributed by atoms with van der Waals surface area (Å²) in [4.78, 5) is 13.1. The predicted molar refractivity (Wildman–Crippen MR) is 65.0 cm³/mol. The van der Waals surface area contributed by atoms with Crippen LogP contribution in [0, 0.1) is 5.92 Å². The molecule has 4 heteroatoms. The summed E-state index contributed by atoms with van der Waals surface area (Å²) in [6.45, 7) is 5.24. The molecular formula is C13H23NO3. The van der Waals surface area contributed by atoms with E-state index in [1.54, 1.807) is 0 Å². The van der Waals surface area contributed by atoms with Crippen LogP contribution in [0.2, 0.25) is 0 Å². The number of hydrogen-bond acceptors (Lipinski definition) is 3. The van der Waals surface area contributed by atoms with Crippen molar-refractivity contribution in [3.63, 3.8) is 0 Å². The quantitative estimate of drug-likeness (QED) is 0.814. The minimum atomic E-state index is -0.667. The minimum absolute atomic E-state index is 0.315. The Morgan fingerprint density at radius 3 is 2.94 bits per heavy atom.